The van der Waals surface area contributed by atoms with E-state index in [2.05, 4.69) is 91.3 Å². The van der Waals surface area contributed by atoms with Gasteiger partial charge in [0.25, 0.3) is 0 Å². The van der Waals surface area contributed by atoms with E-state index in [1.807, 2.05) is 12.2 Å². The summed E-state index contributed by atoms with van der Waals surface area (Å²) in [6, 6.07) is 17.4. The molecular weight excluding hydrogens is 314 g/mol. The molecule has 3 aromatic rings. The van der Waals surface area contributed by atoms with Gasteiger partial charge in [-0.3, -0.25) is 0 Å². The van der Waals surface area contributed by atoms with Crippen LogP contribution in [0.3, 0.4) is 0 Å². The highest BCUT2D eigenvalue weighted by Gasteiger charge is 2.19. The predicted molar refractivity (Wildman–Crippen MR) is 113 cm³/mol. The Bertz CT molecular complexity index is 1040. The molecule has 1 unspecified atom stereocenters. The van der Waals surface area contributed by atoms with Gasteiger partial charge in [0, 0.05) is 28.1 Å². The third-order valence-corrected chi connectivity index (χ3v) is 5.12. The Morgan fingerprint density at radius 3 is 2.88 bits per heavy atom. The number of fused-ring (bicyclic) bond motifs is 3. The van der Waals surface area contributed by atoms with Crippen molar-refractivity contribution in [1.29, 1.82) is 0 Å². The van der Waals surface area contributed by atoms with E-state index in [1.165, 1.54) is 38.9 Å². The molecule has 4 rings (SSSR count). The minimum absolute atomic E-state index is 0.400. The van der Waals surface area contributed by atoms with Crippen LogP contribution in [0.15, 0.2) is 85.5 Å². The smallest absolute Gasteiger partial charge is 0.0462 e. The molecule has 1 heterocycles. The Balaban J connectivity index is 1.66. The van der Waals surface area contributed by atoms with Crippen LogP contribution in [-0.4, -0.2) is 4.98 Å². The van der Waals surface area contributed by atoms with Crippen LogP contribution >= 0.6 is 0 Å². The average Bonchev–Trinajstić information content (AvgIpc) is 3.06. The lowest BCUT2D eigenvalue weighted by atomic mass is 9.86. The summed E-state index contributed by atoms with van der Waals surface area (Å²) in [6.07, 6.45) is 13.7. The van der Waals surface area contributed by atoms with Crippen LogP contribution in [0, 0.1) is 0 Å². The van der Waals surface area contributed by atoms with Crippen LogP contribution in [0.5, 0.6) is 0 Å². The highest BCUT2D eigenvalue weighted by atomic mass is 14.7. The first-order valence-corrected chi connectivity index (χ1v) is 9.13. The topological polar surface area (TPSA) is 15.8 Å². The molecule has 1 heteroatoms. The largest absolute Gasteiger partial charge is 0.358 e. The van der Waals surface area contributed by atoms with Crippen molar-refractivity contribution in [1.82, 2.24) is 4.98 Å². The molecule has 0 amide bonds. The van der Waals surface area contributed by atoms with Crippen molar-refractivity contribution >= 4 is 22.6 Å². The number of hydrogen-bond acceptors (Lipinski definition) is 0. The Hall–Kier alpha value is -3.06. The van der Waals surface area contributed by atoms with E-state index in [4.69, 9.17) is 0 Å². The van der Waals surface area contributed by atoms with Gasteiger partial charge < -0.3 is 4.98 Å². The molecular formula is C25H23N. The van der Waals surface area contributed by atoms with Crippen LogP contribution < -0.4 is 0 Å². The molecule has 0 bridgehead atoms. The van der Waals surface area contributed by atoms with E-state index in [0.717, 1.165) is 6.42 Å². The molecule has 0 radical (unpaired) electrons. The second kappa shape index (κ2) is 7.05. The van der Waals surface area contributed by atoms with Gasteiger partial charge in [-0.05, 0) is 36.1 Å². The zero-order valence-electron chi connectivity index (χ0n) is 15.1. The van der Waals surface area contributed by atoms with Gasteiger partial charge in [0.05, 0.1) is 0 Å². The van der Waals surface area contributed by atoms with E-state index in [0.29, 0.717) is 5.92 Å². The summed E-state index contributed by atoms with van der Waals surface area (Å²) in [4.78, 5) is 3.61. The molecule has 0 fully saturated rings. The molecule has 26 heavy (non-hydrogen) atoms. The molecule has 1 aliphatic carbocycles. The first-order chi connectivity index (χ1) is 12.8. The van der Waals surface area contributed by atoms with Gasteiger partial charge in [-0.1, -0.05) is 85.5 Å². The number of aromatic amines is 1. The standard InChI is InChI=1S/C25H23N/c1-3-5-9-18(4-2)19-10-8-11-20(16-19)21-14-15-23-22-12-6-7-13-24(22)26-25(23)17-21/h3-16,21,26H,1,17H2,2H3/b9-5-,18-4+. The van der Waals surface area contributed by atoms with Gasteiger partial charge in [-0.15, -0.1) is 0 Å². The summed E-state index contributed by atoms with van der Waals surface area (Å²) in [7, 11) is 0. The third-order valence-electron chi connectivity index (χ3n) is 5.12. The minimum Gasteiger partial charge on any atom is -0.358 e. The molecule has 1 aromatic heterocycles. The number of allylic oxidation sites excluding steroid dienone is 6. The normalized spacial score (nSPS) is 17.0. The summed E-state index contributed by atoms with van der Waals surface area (Å²) >= 11 is 0. The van der Waals surface area contributed by atoms with Crippen LogP contribution in [0.4, 0.5) is 0 Å². The maximum atomic E-state index is 3.76. The number of aromatic nitrogens is 1. The van der Waals surface area contributed by atoms with Crippen molar-refractivity contribution in [2.45, 2.75) is 19.3 Å². The predicted octanol–water partition coefficient (Wildman–Crippen LogP) is 6.67. The van der Waals surface area contributed by atoms with Crippen molar-refractivity contribution in [3.63, 3.8) is 0 Å². The number of rotatable bonds is 4. The van der Waals surface area contributed by atoms with E-state index in [1.54, 1.807) is 0 Å². The SMILES string of the molecule is C=C/C=C\C(=C/C)c1cccc(C2C=Cc3c([nH]c4ccccc34)C2)c1. The molecule has 1 N–H and O–H groups in total. The summed E-state index contributed by atoms with van der Waals surface area (Å²) in [5, 5.41) is 1.32. The first-order valence-electron chi connectivity index (χ1n) is 9.13. The summed E-state index contributed by atoms with van der Waals surface area (Å²) < 4.78 is 0. The second-order valence-electron chi connectivity index (χ2n) is 6.70. The highest BCUT2D eigenvalue weighted by molar-refractivity contribution is 5.91. The third kappa shape index (κ3) is 2.97. The van der Waals surface area contributed by atoms with Crippen LogP contribution in [-0.2, 0) is 6.42 Å². The van der Waals surface area contributed by atoms with E-state index < -0.39 is 0 Å². The summed E-state index contributed by atoms with van der Waals surface area (Å²) in [5.74, 6) is 0.400. The Morgan fingerprint density at radius 2 is 2.04 bits per heavy atom. The maximum Gasteiger partial charge on any atom is 0.0462 e. The van der Waals surface area contributed by atoms with Crippen LogP contribution in [0.1, 0.15) is 35.2 Å². The van der Waals surface area contributed by atoms with Gasteiger partial charge >= 0.3 is 0 Å². The maximum absolute atomic E-state index is 3.76. The number of benzene rings is 2. The van der Waals surface area contributed by atoms with Gasteiger partial charge in [-0.2, -0.15) is 0 Å². The fraction of sp³-hybridized carbons (Fsp3) is 0.120. The number of nitrogens with one attached hydrogen (secondary N) is 1. The Labute approximate surface area is 155 Å². The van der Waals surface area contributed by atoms with E-state index >= 15 is 0 Å². The Kier molecular flexibility index (Phi) is 4.45. The molecule has 128 valence electrons. The monoisotopic (exact) mass is 337 g/mol. The first kappa shape index (κ1) is 16.4. The molecule has 1 atom stereocenters. The van der Waals surface area contributed by atoms with Gasteiger partial charge in [0.2, 0.25) is 0 Å². The van der Waals surface area contributed by atoms with E-state index in [9.17, 15) is 0 Å². The second-order valence-corrected chi connectivity index (χ2v) is 6.70. The highest BCUT2D eigenvalue weighted by Crippen LogP contribution is 2.34. The zero-order valence-corrected chi connectivity index (χ0v) is 15.1. The van der Waals surface area contributed by atoms with Crippen molar-refractivity contribution in [2.75, 3.05) is 0 Å². The van der Waals surface area contributed by atoms with Crippen LogP contribution in [0.2, 0.25) is 0 Å². The fourth-order valence-electron chi connectivity index (χ4n) is 3.78. The summed E-state index contributed by atoms with van der Waals surface area (Å²) in [5.41, 5.74) is 7.73. The lowest BCUT2D eigenvalue weighted by Crippen LogP contribution is -2.05. The molecule has 0 saturated carbocycles. The van der Waals surface area contributed by atoms with Gasteiger partial charge in [-0.25, -0.2) is 0 Å². The fourth-order valence-corrected chi connectivity index (χ4v) is 3.78. The number of hydrogen-bond donors (Lipinski definition) is 1. The molecule has 1 nitrogen and oxygen atoms in total. The molecule has 0 aliphatic heterocycles. The molecule has 0 saturated heterocycles. The molecule has 1 aliphatic rings. The van der Waals surface area contributed by atoms with Crippen molar-refractivity contribution in [3.8, 4) is 0 Å². The van der Waals surface area contributed by atoms with Gasteiger partial charge in [0.15, 0.2) is 0 Å². The summed E-state index contributed by atoms with van der Waals surface area (Å²) in [6.45, 7) is 5.84. The van der Waals surface area contributed by atoms with Crippen LogP contribution in [0.25, 0.3) is 22.6 Å². The lowest BCUT2D eigenvalue weighted by molar-refractivity contribution is 0.809. The Morgan fingerprint density at radius 1 is 1.15 bits per heavy atom. The average molecular weight is 337 g/mol. The van der Waals surface area contributed by atoms with E-state index in [-0.39, 0.29) is 0 Å². The number of para-hydroxylation sites is 1. The zero-order chi connectivity index (χ0) is 17.9. The lowest BCUT2D eigenvalue weighted by Gasteiger charge is -2.18. The molecule has 2 aromatic carbocycles. The number of H-pyrrole nitrogens is 1. The van der Waals surface area contributed by atoms with Crippen molar-refractivity contribution < 1.29 is 0 Å². The minimum atomic E-state index is 0.400. The van der Waals surface area contributed by atoms with Gasteiger partial charge in [0.1, 0.15) is 0 Å². The quantitative estimate of drug-likeness (QED) is 0.512. The van der Waals surface area contributed by atoms with Crippen molar-refractivity contribution in [3.05, 3.63) is 108 Å². The molecule has 0 spiro atoms. The van der Waals surface area contributed by atoms with Crippen molar-refractivity contribution in [2.24, 2.45) is 0 Å².